The summed E-state index contributed by atoms with van der Waals surface area (Å²) in [5.74, 6) is 0.878. The molecule has 0 spiro atoms. The zero-order valence-corrected chi connectivity index (χ0v) is 14.9. The van der Waals surface area contributed by atoms with Gasteiger partial charge in [0, 0.05) is 25.3 Å². The van der Waals surface area contributed by atoms with Crippen molar-refractivity contribution in [3.63, 3.8) is 0 Å². The fourth-order valence-electron chi connectivity index (χ4n) is 2.75. The molecule has 0 amide bonds. The molecular formula is C19H21Cl2NO2. The Kier molecular flexibility index (Phi) is 6.38. The van der Waals surface area contributed by atoms with Crippen molar-refractivity contribution in [1.82, 2.24) is 5.32 Å². The van der Waals surface area contributed by atoms with E-state index in [0.29, 0.717) is 22.8 Å². The third-order valence-corrected chi connectivity index (χ3v) is 4.80. The van der Waals surface area contributed by atoms with Crippen molar-refractivity contribution < 1.29 is 9.47 Å². The first-order valence-electron chi connectivity index (χ1n) is 8.19. The van der Waals surface area contributed by atoms with Gasteiger partial charge >= 0.3 is 0 Å². The predicted molar refractivity (Wildman–Crippen MR) is 97.9 cm³/mol. The zero-order valence-electron chi connectivity index (χ0n) is 13.4. The topological polar surface area (TPSA) is 30.5 Å². The molecule has 1 heterocycles. The Bertz CT molecular complexity index is 672. The van der Waals surface area contributed by atoms with E-state index in [0.717, 1.165) is 49.4 Å². The molecule has 2 aromatic carbocycles. The molecular weight excluding hydrogens is 345 g/mol. The van der Waals surface area contributed by atoms with Gasteiger partial charge in [0.1, 0.15) is 12.4 Å². The van der Waals surface area contributed by atoms with Crippen LogP contribution in [-0.4, -0.2) is 19.3 Å². The normalized spacial score (nSPS) is 17.2. The fraction of sp³-hybridized carbons (Fsp3) is 0.368. The maximum atomic E-state index is 6.05. The van der Waals surface area contributed by atoms with E-state index >= 15 is 0 Å². The summed E-state index contributed by atoms with van der Waals surface area (Å²) in [7, 11) is 0. The molecule has 1 aliphatic heterocycles. The summed E-state index contributed by atoms with van der Waals surface area (Å²) in [6, 6.07) is 13.6. The molecule has 1 fully saturated rings. The second-order valence-electron chi connectivity index (χ2n) is 5.91. The Morgan fingerprint density at radius 1 is 1.12 bits per heavy atom. The van der Waals surface area contributed by atoms with E-state index < -0.39 is 0 Å². The molecule has 128 valence electrons. The van der Waals surface area contributed by atoms with Crippen molar-refractivity contribution in [2.45, 2.75) is 32.1 Å². The van der Waals surface area contributed by atoms with E-state index in [1.54, 1.807) is 6.07 Å². The lowest BCUT2D eigenvalue weighted by molar-refractivity contribution is 0.110. The highest BCUT2D eigenvalue weighted by molar-refractivity contribution is 6.42. The van der Waals surface area contributed by atoms with Crippen LogP contribution in [0.2, 0.25) is 10.0 Å². The summed E-state index contributed by atoms with van der Waals surface area (Å²) >= 11 is 12.0. The third kappa shape index (κ3) is 4.87. The first-order valence-corrected chi connectivity index (χ1v) is 8.95. The average molecular weight is 366 g/mol. The number of halogens is 2. The van der Waals surface area contributed by atoms with Crippen LogP contribution < -0.4 is 10.1 Å². The van der Waals surface area contributed by atoms with Crippen LogP contribution in [0.25, 0.3) is 0 Å². The molecule has 5 heteroatoms. The lowest BCUT2D eigenvalue weighted by Crippen LogP contribution is -2.25. The SMILES string of the molecule is Clc1ccc(COc2ccccc2CNC[C@@H]2CCCO2)cc1Cl. The van der Waals surface area contributed by atoms with Gasteiger partial charge in [-0.1, -0.05) is 47.5 Å². The first-order chi connectivity index (χ1) is 11.7. The molecule has 1 aliphatic rings. The third-order valence-electron chi connectivity index (χ3n) is 4.06. The van der Waals surface area contributed by atoms with Crippen molar-refractivity contribution >= 4 is 23.2 Å². The average Bonchev–Trinajstić information content (AvgIpc) is 3.10. The van der Waals surface area contributed by atoms with Crippen LogP contribution in [0.15, 0.2) is 42.5 Å². The fourth-order valence-corrected chi connectivity index (χ4v) is 3.08. The van der Waals surface area contributed by atoms with Gasteiger partial charge in [0.15, 0.2) is 0 Å². The second kappa shape index (κ2) is 8.72. The number of hydrogen-bond acceptors (Lipinski definition) is 3. The summed E-state index contributed by atoms with van der Waals surface area (Å²) in [6.45, 7) is 2.98. The van der Waals surface area contributed by atoms with E-state index in [2.05, 4.69) is 11.4 Å². The molecule has 0 unspecified atom stereocenters. The summed E-state index contributed by atoms with van der Waals surface area (Å²) in [5.41, 5.74) is 2.13. The predicted octanol–water partition coefficient (Wildman–Crippen LogP) is 4.84. The first kappa shape index (κ1) is 17.6. The highest BCUT2D eigenvalue weighted by Crippen LogP contribution is 2.24. The van der Waals surface area contributed by atoms with Gasteiger partial charge in [0.05, 0.1) is 16.1 Å². The van der Waals surface area contributed by atoms with Gasteiger partial charge in [-0.25, -0.2) is 0 Å². The molecule has 1 saturated heterocycles. The standard InChI is InChI=1S/C19H21Cl2NO2/c20-17-8-7-14(10-18(17)21)13-24-19-6-2-1-4-15(19)11-22-12-16-5-3-9-23-16/h1-2,4,6-8,10,16,22H,3,5,9,11-13H2/t16-/m0/s1. The Balaban J connectivity index is 1.55. The van der Waals surface area contributed by atoms with Crippen LogP contribution in [0.4, 0.5) is 0 Å². The minimum absolute atomic E-state index is 0.342. The summed E-state index contributed by atoms with van der Waals surface area (Å²) in [4.78, 5) is 0. The number of nitrogens with one attached hydrogen (secondary N) is 1. The lowest BCUT2D eigenvalue weighted by Gasteiger charge is -2.14. The van der Waals surface area contributed by atoms with E-state index in [-0.39, 0.29) is 0 Å². The van der Waals surface area contributed by atoms with E-state index in [9.17, 15) is 0 Å². The number of ether oxygens (including phenoxy) is 2. The molecule has 0 saturated carbocycles. The van der Waals surface area contributed by atoms with Crippen LogP contribution >= 0.6 is 23.2 Å². The molecule has 0 aromatic heterocycles. The molecule has 0 radical (unpaired) electrons. The van der Waals surface area contributed by atoms with Crippen LogP contribution in [0, 0.1) is 0 Å². The highest BCUT2D eigenvalue weighted by Gasteiger charge is 2.14. The lowest BCUT2D eigenvalue weighted by atomic mass is 10.2. The van der Waals surface area contributed by atoms with Gasteiger partial charge < -0.3 is 14.8 Å². The monoisotopic (exact) mass is 365 g/mol. The van der Waals surface area contributed by atoms with Gasteiger partial charge in [-0.05, 0) is 36.6 Å². The van der Waals surface area contributed by atoms with Gasteiger partial charge in [-0.3, -0.25) is 0 Å². The molecule has 24 heavy (non-hydrogen) atoms. The van der Waals surface area contributed by atoms with Crippen molar-refractivity contribution in [1.29, 1.82) is 0 Å². The maximum absolute atomic E-state index is 6.05. The molecule has 3 nitrogen and oxygen atoms in total. The largest absolute Gasteiger partial charge is 0.489 e. The van der Waals surface area contributed by atoms with Crippen molar-refractivity contribution in [3.05, 3.63) is 63.6 Å². The summed E-state index contributed by atoms with van der Waals surface area (Å²) in [5, 5.41) is 4.56. The van der Waals surface area contributed by atoms with Crippen molar-refractivity contribution in [3.8, 4) is 5.75 Å². The van der Waals surface area contributed by atoms with Crippen LogP contribution in [0.5, 0.6) is 5.75 Å². The minimum atomic E-state index is 0.342. The highest BCUT2D eigenvalue weighted by atomic mass is 35.5. The Morgan fingerprint density at radius 3 is 2.79 bits per heavy atom. The second-order valence-corrected chi connectivity index (χ2v) is 6.73. The van der Waals surface area contributed by atoms with E-state index in [1.165, 1.54) is 0 Å². The number of para-hydroxylation sites is 1. The van der Waals surface area contributed by atoms with Crippen molar-refractivity contribution in [2.24, 2.45) is 0 Å². The Hall–Kier alpha value is -1.26. The van der Waals surface area contributed by atoms with E-state index in [4.69, 9.17) is 32.7 Å². The summed E-state index contributed by atoms with van der Waals surface area (Å²) in [6.07, 6.45) is 2.65. The van der Waals surface area contributed by atoms with Gasteiger partial charge in [0.2, 0.25) is 0 Å². The van der Waals surface area contributed by atoms with Crippen LogP contribution in [0.1, 0.15) is 24.0 Å². The smallest absolute Gasteiger partial charge is 0.124 e. The number of hydrogen-bond donors (Lipinski definition) is 1. The van der Waals surface area contributed by atoms with Gasteiger partial charge in [-0.2, -0.15) is 0 Å². The molecule has 0 aliphatic carbocycles. The Morgan fingerprint density at radius 2 is 2.00 bits per heavy atom. The van der Waals surface area contributed by atoms with Gasteiger partial charge in [-0.15, -0.1) is 0 Å². The molecule has 1 N–H and O–H groups in total. The Labute approximate surface area is 152 Å². The minimum Gasteiger partial charge on any atom is -0.489 e. The van der Waals surface area contributed by atoms with Crippen LogP contribution in [0.3, 0.4) is 0 Å². The molecule has 2 aromatic rings. The summed E-state index contributed by atoms with van der Waals surface area (Å²) < 4.78 is 11.6. The van der Waals surface area contributed by atoms with Gasteiger partial charge in [0.25, 0.3) is 0 Å². The van der Waals surface area contributed by atoms with Crippen molar-refractivity contribution in [2.75, 3.05) is 13.2 Å². The zero-order chi connectivity index (χ0) is 16.8. The molecule has 1 atom stereocenters. The molecule has 0 bridgehead atoms. The number of benzene rings is 2. The maximum Gasteiger partial charge on any atom is 0.124 e. The van der Waals surface area contributed by atoms with E-state index in [1.807, 2.05) is 30.3 Å². The molecule has 3 rings (SSSR count). The quantitative estimate of drug-likeness (QED) is 0.761. The van der Waals surface area contributed by atoms with Crippen LogP contribution in [-0.2, 0) is 17.9 Å². The number of rotatable bonds is 7.